The van der Waals surface area contributed by atoms with Crippen molar-refractivity contribution in [3.8, 4) is 0 Å². The molecule has 1 aromatic carbocycles. The molecule has 44 heavy (non-hydrogen) atoms. The Labute approximate surface area is 258 Å². The number of guanidine groups is 1. The number of carboxylic acids is 1. The standard InChI is InChI=1S/C28H40N10O5S/c1-44-10-8-21(36-24(39)19(29)6-4-9-33-28(30)31)25(40)37-22(12-17-14-32-15-35-17)26(41)38-23(27(42)43)11-16-13-34-20-7-3-2-5-18(16)20/h2-3,5,7,13-15,19,21-23,34H,4,6,8-12,29H2,1H3,(H,32,35)(H,36,39)(H,37,40)(H,38,41)(H,42,43)(H4,30,31,33). The van der Waals surface area contributed by atoms with Crippen molar-refractivity contribution in [1.29, 1.82) is 0 Å². The van der Waals surface area contributed by atoms with Gasteiger partial charge in [-0.25, -0.2) is 9.78 Å². The topological polar surface area (TPSA) is 259 Å². The lowest BCUT2D eigenvalue weighted by Gasteiger charge is -2.25. The van der Waals surface area contributed by atoms with E-state index in [0.717, 1.165) is 16.5 Å². The summed E-state index contributed by atoms with van der Waals surface area (Å²) >= 11 is 1.48. The molecule has 0 saturated heterocycles. The first-order chi connectivity index (χ1) is 21.1. The number of imidazole rings is 1. The van der Waals surface area contributed by atoms with Gasteiger partial charge >= 0.3 is 5.97 Å². The van der Waals surface area contributed by atoms with Gasteiger partial charge in [-0.3, -0.25) is 19.4 Å². The molecule has 16 heteroatoms. The molecule has 238 valence electrons. The maximum absolute atomic E-state index is 13.5. The first kappa shape index (κ1) is 33.9. The number of carbonyl (C=O) groups is 4. The van der Waals surface area contributed by atoms with Gasteiger partial charge in [0.25, 0.3) is 0 Å². The summed E-state index contributed by atoms with van der Waals surface area (Å²) < 4.78 is 0. The lowest BCUT2D eigenvalue weighted by atomic mass is 10.0. The summed E-state index contributed by atoms with van der Waals surface area (Å²) in [5.41, 5.74) is 18.8. The SMILES string of the molecule is CSCCC(NC(=O)C(N)CCCN=C(N)N)C(=O)NC(Cc1cnc[nH]1)C(=O)NC(Cc1c[nH]c2ccccc12)C(=O)O. The highest BCUT2D eigenvalue weighted by atomic mass is 32.2. The highest BCUT2D eigenvalue weighted by Gasteiger charge is 2.31. The van der Waals surface area contributed by atoms with Crippen LogP contribution in [0.4, 0.5) is 0 Å². The molecule has 0 aliphatic heterocycles. The van der Waals surface area contributed by atoms with E-state index in [1.54, 1.807) is 6.20 Å². The second-order valence-corrected chi connectivity index (χ2v) is 11.2. The number of nitrogens with one attached hydrogen (secondary N) is 5. The van der Waals surface area contributed by atoms with Gasteiger partial charge in [-0.15, -0.1) is 0 Å². The number of nitrogens with zero attached hydrogens (tertiary/aromatic N) is 2. The van der Waals surface area contributed by atoms with Crippen LogP contribution < -0.4 is 33.2 Å². The third-order valence-corrected chi connectivity index (χ3v) is 7.52. The molecule has 4 unspecified atom stereocenters. The molecule has 0 aliphatic rings. The maximum Gasteiger partial charge on any atom is 0.326 e. The van der Waals surface area contributed by atoms with E-state index in [0.29, 0.717) is 24.4 Å². The van der Waals surface area contributed by atoms with Crippen LogP contribution in [-0.2, 0) is 32.0 Å². The van der Waals surface area contributed by atoms with Gasteiger partial charge in [0.05, 0.1) is 12.4 Å². The number of aromatic amines is 2. The zero-order chi connectivity index (χ0) is 32.1. The summed E-state index contributed by atoms with van der Waals surface area (Å²) in [6.07, 6.45) is 7.55. The Morgan fingerprint density at radius 3 is 2.36 bits per heavy atom. The fourth-order valence-corrected chi connectivity index (χ4v) is 5.00. The number of aromatic nitrogens is 3. The zero-order valence-electron chi connectivity index (χ0n) is 24.4. The number of nitrogens with two attached hydrogens (primary N) is 3. The summed E-state index contributed by atoms with van der Waals surface area (Å²) in [7, 11) is 0. The number of carbonyl (C=O) groups excluding carboxylic acids is 3. The minimum atomic E-state index is -1.27. The Morgan fingerprint density at radius 2 is 1.68 bits per heavy atom. The molecule has 0 radical (unpaired) electrons. The fourth-order valence-electron chi connectivity index (χ4n) is 4.52. The second kappa shape index (κ2) is 16.9. The van der Waals surface area contributed by atoms with Crippen molar-refractivity contribution in [2.24, 2.45) is 22.2 Å². The van der Waals surface area contributed by atoms with E-state index in [9.17, 15) is 24.3 Å². The number of rotatable bonds is 18. The van der Waals surface area contributed by atoms with E-state index in [1.165, 1.54) is 24.3 Å². The van der Waals surface area contributed by atoms with E-state index in [1.807, 2.05) is 30.5 Å². The monoisotopic (exact) mass is 628 g/mol. The van der Waals surface area contributed by atoms with E-state index in [4.69, 9.17) is 17.2 Å². The van der Waals surface area contributed by atoms with Crippen LogP contribution in [0.25, 0.3) is 10.9 Å². The molecule has 0 spiro atoms. The maximum atomic E-state index is 13.5. The molecule has 0 bridgehead atoms. The molecule has 3 amide bonds. The number of para-hydroxylation sites is 1. The van der Waals surface area contributed by atoms with E-state index in [2.05, 4.69) is 35.9 Å². The van der Waals surface area contributed by atoms with Crippen molar-refractivity contribution >= 4 is 52.3 Å². The molecule has 2 heterocycles. The van der Waals surface area contributed by atoms with Gasteiger partial charge in [0, 0.05) is 48.4 Å². The lowest BCUT2D eigenvalue weighted by molar-refractivity contribution is -0.142. The van der Waals surface area contributed by atoms with Crippen LogP contribution in [0.2, 0.25) is 0 Å². The van der Waals surface area contributed by atoms with Crippen LogP contribution in [0.1, 0.15) is 30.5 Å². The summed E-state index contributed by atoms with van der Waals surface area (Å²) in [6.45, 7) is 0.307. The highest BCUT2D eigenvalue weighted by molar-refractivity contribution is 7.98. The first-order valence-corrected chi connectivity index (χ1v) is 15.4. The van der Waals surface area contributed by atoms with Gasteiger partial charge in [-0.05, 0) is 42.9 Å². The molecule has 12 N–H and O–H groups in total. The number of carboxylic acid groups (broad SMARTS) is 1. The van der Waals surface area contributed by atoms with Crippen LogP contribution >= 0.6 is 11.8 Å². The third kappa shape index (κ3) is 10.3. The molecule has 3 aromatic rings. The number of aliphatic carboxylic acids is 1. The quantitative estimate of drug-likeness (QED) is 0.0488. The zero-order valence-corrected chi connectivity index (χ0v) is 25.2. The summed E-state index contributed by atoms with van der Waals surface area (Å²) in [5, 5.41) is 18.7. The second-order valence-electron chi connectivity index (χ2n) is 10.2. The van der Waals surface area contributed by atoms with Crippen molar-refractivity contribution in [2.75, 3.05) is 18.6 Å². The van der Waals surface area contributed by atoms with Crippen molar-refractivity contribution in [3.63, 3.8) is 0 Å². The van der Waals surface area contributed by atoms with Crippen LogP contribution in [0.15, 0.2) is 48.0 Å². The predicted octanol–water partition coefficient (Wildman–Crippen LogP) is -0.651. The van der Waals surface area contributed by atoms with E-state index < -0.39 is 47.9 Å². The molecule has 3 rings (SSSR count). The Morgan fingerprint density at radius 1 is 0.977 bits per heavy atom. The number of aliphatic imine (C=N–C) groups is 1. The van der Waals surface area contributed by atoms with E-state index in [-0.39, 0.29) is 31.6 Å². The van der Waals surface area contributed by atoms with E-state index >= 15 is 0 Å². The molecule has 4 atom stereocenters. The van der Waals surface area contributed by atoms with Crippen molar-refractivity contribution in [1.82, 2.24) is 30.9 Å². The van der Waals surface area contributed by atoms with Crippen LogP contribution in [0, 0.1) is 0 Å². The number of hydrogen-bond acceptors (Lipinski definition) is 8. The van der Waals surface area contributed by atoms with Gasteiger partial charge in [0.15, 0.2) is 5.96 Å². The summed E-state index contributed by atoms with van der Waals surface area (Å²) in [6, 6.07) is 3.10. The average Bonchev–Trinajstić information content (AvgIpc) is 3.66. The van der Waals surface area contributed by atoms with Gasteiger partial charge < -0.3 is 48.2 Å². The summed E-state index contributed by atoms with van der Waals surface area (Å²) in [4.78, 5) is 65.8. The number of thioether (sulfide) groups is 1. The van der Waals surface area contributed by atoms with Crippen LogP contribution in [0.5, 0.6) is 0 Å². The third-order valence-electron chi connectivity index (χ3n) is 6.87. The molecular formula is C28H40N10O5S. The van der Waals surface area contributed by atoms with Crippen molar-refractivity contribution in [3.05, 3.63) is 54.2 Å². The minimum absolute atomic E-state index is 0.00446. The Bertz CT molecular complexity index is 1420. The highest BCUT2D eigenvalue weighted by Crippen LogP contribution is 2.19. The molecule has 0 aliphatic carbocycles. The predicted molar refractivity (Wildman–Crippen MR) is 169 cm³/mol. The molecule has 2 aromatic heterocycles. The number of hydrogen-bond donors (Lipinski definition) is 9. The molecule has 15 nitrogen and oxygen atoms in total. The first-order valence-electron chi connectivity index (χ1n) is 14.0. The Kier molecular flexibility index (Phi) is 13.0. The number of H-pyrrole nitrogens is 2. The van der Waals surface area contributed by atoms with Gasteiger partial charge in [-0.1, -0.05) is 18.2 Å². The van der Waals surface area contributed by atoms with Crippen LogP contribution in [-0.4, -0.2) is 92.4 Å². The van der Waals surface area contributed by atoms with Crippen molar-refractivity contribution in [2.45, 2.75) is 56.3 Å². The lowest BCUT2D eigenvalue weighted by Crippen LogP contribution is -2.58. The smallest absolute Gasteiger partial charge is 0.326 e. The normalized spacial score (nSPS) is 13.8. The van der Waals surface area contributed by atoms with Crippen molar-refractivity contribution < 1.29 is 24.3 Å². The van der Waals surface area contributed by atoms with Gasteiger partial charge in [0.1, 0.15) is 18.1 Å². The van der Waals surface area contributed by atoms with Gasteiger partial charge in [0.2, 0.25) is 17.7 Å². The largest absolute Gasteiger partial charge is 0.480 e. The average molecular weight is 629 g/mol. The molecule has 0 fully saturated rings. The van der Waals surface area contributed by atoms with Gasteiger partial charge in [-0.2, -0.15) is 11.8 Å². The molecular weight excluding hydrogens is 588 g/mol. The number of fused-ring (bicyclic) bond motifs is 1. The fraction of sp³-hybridized carbons (Fsp3) is 0.429. The molecule has 0 saturated carbocycles. The Balaban J connectivity index is 1.72. The minimum Gasteiger partial charge on any atom is -0.480 e. The summed E-state index contributed by atoms with van der Waals surface area (Å²) in [5.74, 6) is -2.58. The number of benzene rings is 1. The number of amides is 3. The Hall–Kier alpha value is -4.57. The van der Waals surface area contributed by atoms with Crippen LogP contribution in [0.3, 0.4) is 0 Å².